The van der Waals surface area contributed by atoms with Crippen LogP contribution in [0.3, 0.4) is 0 Å². The van der Waals surface area contributed by atoms with E-state index in [4.69, 9.17) is 24.4 Å². The number of nitrogens with zero attached hydrogens (tertiary/aromatic N) is 5. The SMILES string of the molecule is C1=CC2=C(CC1)c1ccc3c4ccccc4n(-c4nc(-c5ccccc5)nc(-c5ccccc5)n4)c3c1C2c1cccc2nc(-c3ccc4c(c3)-c3ccccc3C4(c3ccccc3)c3ccccc3)oc12. The summed E-state index contributed by atoms with van der Waals surface area (Å²) in [5.74, 6) is 2.25. The van der Waals surface area contributed by atoms with Crippen molar-refractivity contribution in [2.24, 2.45) is 0 Å². The Morgan fingerprint density at radius 2 is 1.15 bits per heavy atom. The van der Waals surface area contributed by atoms with Crippen molar-refractivity contribution in [3.8, 4) is 51.3 Å². The van der Waals surface area contributed by atoms with Gasteiger partial charge in [0.15, 0.2) is 17.2 Å². The van der Waals surface area contributed by atoms with E-state index >= 15 is 0 Å². The average molecular weight is 922 g/mol. The lowest BCUT2D eigenvalue weighted by Gasteiger charge is -2.33. The van der Waals surface area contributed by atoms with Crippen LogP contribution in [0.15, 0.2) is 241 Å². The molecule has 0 aliphatic heterocycles. The van der Waals surface area contributed by atoms with Gasteiger partial charge in [0.2, 0.25) is 11.8 Å². The van der Waals surface area contributed by atoms with Crippen molar-refractivity contribution in [2.75, 3.05) is 0 Å². The molecule has 6 nitrogen and oxygen atoms in total. The van der Waals surface area contributed by atoms with E-state index < -0.39 is 5.41 Å². The van der Waals surface area contributed by atoms with E-state index in [1.165, 1.54) is 55.7 Å². The lowest BCUT2D eigenvalue weighted by Crippen LogP contribution is -2.28. The van der Waals surface area contributed by atoms with Crippen LogP contribution < -0.4 is 0 Å². The summed E-state index contributed by atoms with van der Waals surface area (Å²) in [7, 11) is 0. The third-order valence-electron chi connectivity index (χ3n) is 15.4. The van der Waals surface area contributed by atoms with Crippen molar-refractivity contribution in [1.29, 1.82) is 0 Å². The Hall–Kier alpha value is -9.26. The average Bonchev–Trinajstić information content (AvgIpc) is 4.22. The van der Waals surface area contributed by atoms with Gasteiger partial charge in [0.05, 0.1) is 16.4 Å². The molecule has 15 rings (SSSR count). The molecule has 3 aromatic heterocycles. The highest BCUT2D eigenvalue weighted by Gasteiger charge is 2.46. The van der Waals surface area contributed by atoms with Gasteiger partial charge in [-0.3, -0.25) is 4.57 Å². The van der Waals surface area contributed by atoms with E-state index in [1.807, 2.05) is 36.4 Å². The molecule has 12 aromatic rings. The van der Waals surface area contributed by atoms with Gasteiger partial charge < -0.3 is 4.42 Å². The molecule has 0 amide bonds. The molecule has 0 N–H and O–H groups in total. The van der Waals surface area contributed by atoms with Gasteiger partial charge in [-0.15, -0.1) is 0 Å². The van der Waals surface area contributed by atoms with E-state index in [0.29, 0.717) is 23.5 Å². The minimum Gasteiger partial charge on any atom is -0.436 e. The highest BCUT2D eigenvalue weighted by atomic mass is 16.3. The van der Waals surface area contributed by atoms with Crippen LogP contribution in [0.25, 0.3) is 89.8 Å². The van der Waals surface area contributed by atoms with Crippen molar-refractivity contribution < 1.29 is 4.42 Å². The van der Waals surface area contributed by atoms with Crippen LogP contribution in [0.5, 0.6) is 0 Å². The van der Waals surface area contributed by atoms with Gasteiger partial charge in [0.1, 0.15) is 5.52 Å². The Morgan fingerprint density at radius 1 is 0.500 bits per heavy atom. The quantitative estimate of drug-likeness (QED) is 0.159. The first-order valence-electron chi connectivity index (χ1n) is 24.8. The van der Waals surface area contributed by atoms with Crippen molar-refractivity contribution in [3.05, 3.63) is 275 Å². The molecule has 338 valence electrons. The Balaban J connectivity index is 0.939. The van der Waals surface area contributed by atoms with E-state index in [1.54, 1.807) is 0 Å². The van der Waals surface area contributed by atoms with Crippen molar-refractivity contribution in [3.63, 3.8) is 0 Å². The van der Waals surface area contributed by atoms with Gasteiger partial charge in [-0.05, 0) is 92.8 Å². The van der Waals surface area contributed by atoms with Crippen LogP contribution in [0.4, 0.5) is 0 Å². The second-order valence-corrected chi connectivity index (χ2v) is 19.1. The highest BCUT2D eigenvalue weighted by Crippen LogP contribution is 2.58. The zero-order chi connectivity index (χ0) is 47.3. The van der Waals surface area contributed by atoms with Gasteiger partial charge in [-0.25, -0.2) is 9.97 Å². The van der Waals surface area contributed by atoms with Crippen LogP contribution >= 0.6 is 0 Å². The summed E-state index contributed by atoms with van der Waals surface area (Å²) in [5.41, 5.74) is 19.7. The zero-order valence-corrected chi connectivity index (χ0v) is 39.1. The van der Waals surface area contributed by atoms with Crippen LogP contribution in [-0.2, 0) is 5.41 Å². The Labute approximate surface area is 416 Å². The Bertz CT molecular complexity index is 4110. The summed E-state index contributed by atoms with van der Waals surface area (Å²) < 4.78 is 9.47. The minimum absolute atomic E-state index is 0.156. The number of hydrogen-bond donors (Lipinski definition) is 0. The molecule has 0 fully saturated rings. The second kappa shape index (κ2) is 15.9. The molecular formula is C66H43N5O. The molecule has 0 radical (unpaired) electrons. The molecule has 3 aliphatic carbocycles. The normalized spacial score (nSPS) is 15.2. The predicted octanol–water partition coefficient (Wildman–Crippen LogP) is 15.7. The summed E-state index contributed by atoms with van der Waals surface area (Å²) in [6, 6.07) is 77.7. The molecule has 6 heteroatoms. The molecule has 0 saturated heterocycles. The largest absolute Gasteiger partial charge is 0.436 e. The van der Waals surface area contributed by atoms with Crippen LogP contribution in [-0.4, -0.2) is 24.5 Å². The summed E-state index contributed by atoms with van der Waals surface area (Å²) in [6.07, 6.45) is 6.61. The first kappa shape index (κ1) is 40.6. The van der Waals surface area contributed by atoms with Gasteiger partial charge in [0, 0.05) is 38.9 Å². The molecule has 9 aromatic carbocycles. The van der Waals surface area contributed by atoms with Gasteiger partial charge in [-0.1, -0.05) is 206 Å². The standard InChI is InChI=1S/C66H43N5O/c1-5-20-41(21-6-1)62-68-63(42-22-7-2-8-23-42)70-65(69-62)71-57-35-18-16-30-48(57)51-38-37-50-46-28-13-14-31-49(46)58(59(50)60(51)71)52-32-19-34-56-61(52)72-64(67-56)43-36-39-55-53(40-43)47-29-15-17-33-54(47)66(55,44-24-9-3-10-25-44)45-26-11-4-12-27-45/h1-12,14-27,29-40,58H,13,28H2. The second-order valence-electron chi connectivity index (χ2n) is 19.1. The maximum atomic E-state index is 7.18. The topological polar surface area (TPSA) is 69.6 Å². The molecule has 3 aliphatic rings. The summed E-state index contributed by atoms with van der Waals surface area (Å²) in [5, 5.41) is 2.28. The van der Waals surface area contributed by atoms with Crippen molar-refractivity contribution in [2.45, 2.75) is 24.2 Å². The first-order chi connectivity index (χ1) is 35.7. The number of para-hydroxylation sites is 2. The third kappa shape index (κ3) is 5.90. The van der Waals surface area contributed by atoms with E-state index in [-0.39, 0.29) is 5.92 Å². The molecule has 0 saturated carbocycles. The summed E-state index contributed by atoms with van der Waals surface area (Å²) in [4.78, 5) is 21.1. The molecular weight excluding hydrogens is 879 g/mol. The molecule has 0 spiro atoms. The van der Waals surface area contributed by atoms with E-state index in [2.05, 4.69) is 199 Å². The molecule has 3 heterocycles. The molecule has 0 bridgehead atoms. The van der Waals surface area contributed by atoms with Crippen LogP contribution in [0.1, 0.15) is 57.7 Å². The maximum absolute atomic E-state index is 7.18. The van der Waals surface area contributed by atoms with Gasteiger partial charge in [-0.2, -0.15) is 9.97 Å². The summed E-state index contributed by atoms with van der Waals surface area (Å²) in [6.45, 7) is 0. The Kier molecular flexibility index (Phi) is 8.96. The predicted molar refractivity (Wildman–Crippen MR) is 289 cm³/mol. The maximum Gasteiger partial charge on any atom is 0.238 e. The number of allylic oxidation sites excluding steroid dienone is 4. The molecule has 72 heavy (non-hydrogen) atoms. The number of rotatable bonds is 7. The Morgan fingerprint density at radius 3 is 1.89 bits per heavy atom. The fourth-order valence-electron chi connectivity index (χ4n) is 12.4. The van der Waals surface area contributed by atoms with Crippen molar-refractivity contribution >= 4 is 38.5 Å². The minimum atomic E-state index is -0.488. The van der Waals surface area contributed by atoms with Gasteiger partial charge in [0.25, 0.3) is 0 Å². The number of aromatic nitrogens is 5. The summed E-state index contributed by atoms with van der Waals surface area (Å²) >= 11 is 0. The monoisotopic (exact) mass is 921 g/mol. The fourth-order valence-corrected chi connectivity index (χ4v) is 12.4. The highest BCUT2D eigenvalue weighted by molar-refractivity contribution is 6.12. The van der Waals surface area contributed by atoms with Crippen LogP contribution in [0, 0.1) is 0 Å². The molecule has 1 atom stereocenters. The number of oxazole rings is 1. The lowest BCUT2D eigenvalue weighted by molar-refractivity contribution is 0.614. The zero-order valence-electron chi connectivity index (χ0n) is 39.1. The van der Waals surface area contributed by atoms with E-state index in [9.17, 15) is 0 Å². The number of fused-ring (bicyclic) bond motifs is 10. The number of hydrogen-bond acceptors (Lipinski definition) is 5. The lowest BCUT2D eigenvalue weighted by atomic mass is 9.68. The van der Waals surface area contributed by atoms with Crippen LogP contribution in [0.2, 0.25) is 0 Å². The first-order valence-corrected chi connectivity index (χ1v) is 24.8. The molecule has 1 unspecified atom stereocenters. The number of benzene rings is 9. The van der Waals surface area contributed by atoms with E-state index in [0.717, 1.165) is 68.0 Å². The van der Waals surface area contributed by atoms with Crippen molar-refractivity contribution in [1.82, 2.24) is 24.5 Å². The third-order valence-corrected chi connectivity index (χ3v) is 15.4. The smallest absolute Gasteiger partial charge is 0.238 e. The fraction of sp³-hybridized carbons (Fsp3) is 0.0606. The van der Waals surface area contributed by atoms with Gasteiger partial charge >= 0.3 is 0 Å².